The van der Waals surface area contributed by atoms with E-state index in [1.165, 1.54) is 6.07 Å². The molecule has 0 bridgehead atoms. The standard InChI is InChI=1S/C18H15F3N2O2S/c19-18(20,21)11-26-16-9-5-4-8-13(16)22-17(24)15-10-14(23-25-15)12-6-2-1-3-7-12/h1-9,15H,10-11H2,(H,22,24). The lowest BCUT2D eigenvalue weighted by molar-refractivity contribution is -0.125. The SMILES string of the molecule is O=C(Nc1ccccc1SCC(F)(F)F)C1CC(c2ccccc2)=NO1. The lowest BCUT2D eigenvalue weighted by atomic mass is 10.0. The van der Waals surface area contributed by atoms with Crippen molar-refractivity contribution in [2.75, 3.05) is 11.1 Å². The molecule has 0 saturated heterocycles. The number of benzene rings is 2. The predicted molar refractivity (Wildman–Crippen MR) is 94.3 cm³/mol. The molecule has 26 heavy (non-hydrogen) atoms. The van der Waals surface area contributed by atoms with Crippen LogP contribution in [-0.4, -0.2) is 29.7 Å². The van der Waals surface area contributed by atoms with E-state index >= 15 is 0 Å². The second-order valence-corrected chi connectivity index (χ2v) is 6.61. The monoisotopic (exact) mass is 380 g/mol. The van der Waals surface area contributed by atoms with Crippen LogP contribution in [-0.2, 0) is 9.63 Å². The number of carbonyl (C=O) groups is 1. The molecule has 136 valence electrons. The van der Waals surface area contributed by atoms with Crippen LogP contribution in [0.3, 0.4) is 0 Å². The summed E-state index contributed by atoms with van der Waals surface area (Å²) in [6.07, 6.45) is -4.80. The topological polar surface area (TPSA) is 50.7 Å². The minimum atomic E-state index is -4.28. The number of nitrogens with zero attached hydrogens (tertiary/aromatic N) is 1. The molecule has 0 aliphatic carbocycles. The van der Waals surface area contributed by atoms with Gasteiger partial charge < -0.3 is 10.2 Å². The number of carbonyl (C=O) groups excluding carboxylic acids is 1. The van der Waals surface area contributed by atoms with Gasteiger partial charge in [0.15, 0.2) is 0 Å². The van der Waals surface area contributed by atoms with E-state index in [4.69, 9.17) is 4.84 Å². The van der Waals surface area contributed by atoms with Gasteiger partial charge in [-0.05, 0) is 17.7 Å². The number of alkyl halides is 3. The van der Waals surface area contributed by atoms with Crippen LogP contribution in [0.4, 0.5) is 18.9 Å². The van der Waals surface area contributed by atoms with Crippen LogP contribution in [0.15, 0.2) is 64.6 Å². The summed E-state index contributed by atoms with van der Waals surface area (Å²) in [4.78, 5) is 17.9. The number of hydrogen-bond acceptors (Lipinski definition) is 4. The van der Waals surface area contributed by atoms with Crippen LogP contribution >= 0.6 is 11.8 Å². The van der Waals surface area contributed by atoms with Crippen LogP contribution < -0.4 is 5.32 Å². The van der Waals surface area contributed by atoms with Crippen molar-refractivity contribution in [2.45, 2.75) is 23.6 Å². The van der Waals surface area contributed by atoms with Crippen LogP contribution in [0.1, 0.15) is 12.0 Å². The molecular weight excluding hydrogens is 365 g/mol. The molecular formula is C18H15F3N2O2S. The van der Waals surface area contributed by atoms with Crippen molar-refractivity contribution in [3.8, 4) is 0 Å². The van der Waals surface area contributed by atoms with E-state index < -0.39 is 23.9 Å². The van der Waals surface area contributed by atoms with Gasteiger partial charge in [-0.15, -0.1) is 11.8 Å². The molecule has 0 aromatic heterocycles. The summed E-state index contributed by atoms with van der Waals surface area (Å²) < 4.78 is 37.3. The molecule has 1 amide bonds. The summed E-state index contributed by atoms with van der Waals surface area (Å²) in [5.41, 5.74) is 1.85. The fraction of sp³-hybridized carbons (Fsp3) is 0.222. The number of amides is 1. The van der Waals surface area contributed by atoms with Gasteiger partial charge in [0.1, 0.15) is 0 Å². The number of para-hydroxylation sites is 1. The molecule has 0 spiro atoms. The maximum absolute atomic E-state index is 12.4. The van der Waals surface area contributed by atoms with Gasteiger partial charge >= 0.3 is 6.18 Å². The first-order valence-corrected chi connectivity index (χ1v) is 8.78. The van der Waals surface area contributed by atoms with Gasteiger partial charge in [-0.1, -0.05) is 47.6 Å². The number of hydrogen-bond donors (Lipinski definition) is 1. The highest BCUT2D eigenvalue weighted by Gasteiger charge is 2.30. The average molecular weight is 380 g/mol. The lowest BCUT2D eigenvalue weighted by Gasteiger charge is -2.13. The highest BCUT2D eigenvalue weighted by molar-refractivity contribution is 7.99. The molecule has 1 heterocycles. The van der Waals surface area contributed by atoms with Gasteiger partial charge in [0.2, 0.25) is 6.10 Å². The van der Waals surface area contributed by atoms with Crippen molar-refractivity contribution in [1.29, 1.82) is 0 Å². The second kappa shape index (κ2) is 7.82. The normalized spacial score (nSPS) is 16.7. The zero-order valence-corrected chi connectivity index (χ0v) is 14.3. The fourth-order valence-electron chi connectivity index (χ4n) is 2.39. The maximum atomic E-state index is 12.4. The number of oxime groups is 1. The van der Waals surface area contributed by atoms with Gasteiger partial charge in [0, 0.05) is 11.3 Å². The first kappa shape index (κ1) is 18.3. The third kappa shape index (κ3) is 4.78. The molecule has 1 aliphatic heterocycles. The van der Waals surface area contributed by atoms with Crippen molar-refractivity contribution in [3.63, 3.8) is 0 Å². The molecule has 2 aromatic rings. The van der Waals surface area contributed by atoms with Crippen molar-refractivity contribution in [3.05, 3.63) is 60.2 Å². The van der Waals surface area contributed by atoms with Crippen LogP contribution in [0.5, 0.6) is 0 Å². The Balaban J connectivity index is 1.63. The van der Waals surface area contributed by atoms with E-state index in [-0.39, 0.29) is 0 Å². The summed E-state index contributed by atoms with van der Waals surface area (Å²) in [7, 11) is 0. The van der Waals surface area contributed by atoms with E-state index in [2.05, 4.69) is 10.5 Å². The number of nitrogens with one attached hydrogen (secondary N) is 1. The third-order valence-electron chi connectivity index (χ3n) is 3.60. The molecule has 1 atom stereocenters. The Bertz CT molecular complexity index is 810. The maximum Gasteiger partial charge on any atom is 0.398 e. The smallest absolute Gasteiger partial charge is 0.382 e. The molecule has 4 nitrogen and oxygen atoms in total. The van der Waals surface area contributed by atoms with E-state index in [0.717, 1.165) is 5.56 Å². The minimum absolute atomic E-state index is 0.299. The van der Waals surface area contributed by atoms with Gasteiger partial charge in [0.05, 0.1) is 17.2 Å². The van der Waals surface area contributed by atoms with Crippen molar-refractivity contribution in [1.82, 2.24) is 0 Å². The number of halogens is 3. The Morgan fingerprint density at radius 2 is 1.85 bits per heavy atom. The van der Waals surface area contributed by atoms with Crippen molar-refractivity contribution in [2.24, 2.45) is 5.16 Å². The highest BCUT2D eigenvalue weighted by atomic mass is 32.2. The first-order chi connectivity index (χ1) is 12.4. The van der Waals surface area contributed by atoms with Gasteiger partial charge in [-0.3, -0.25) is 4.79 Å². The molecule has 8 heteroatoms. The Morgan fingerprint density at radius 1 is 1.15 bits per heavy atom. The largest absolute Gasteiger partial charge is 0.398 e. The molecule has 0 radical (unpaired) electrons. The quantitative estimate of drug-likeness (QED) is 0.779. The number of anilines is 1. The summed E-state index contributed by atoms with van der Waals surface area (Å²) in [5, 5.41) is 6.58. The highest BCUT2D eigenvalue weighted by Crippen LogP contribution is 2.32. The Hall–Kier alpha value is -2.48. The molecule has 1 N–H and O–H groups in total. The Morgan fingerprint density at radius 3 is 2.58 bits per heavy atom. The average Bonchev–Trinajstić information content (AvgIpc) is 3.11. The van der Waals surface area contributed by atoms with Gasteiger partial charge in [0.25, 0.3) is 5.91 Å². The molecule has 0 saturated carbocycles. The Kier molecular flexibility index (Phi) is 5.51. The zero-order valence-electron chi connectivity index (χ0n) is 13.5. The number of thioether (sulfide) groups is 1. The van der Waals surface area contributed by atoms with Gasteiger partial charge in [-0.2, -0.15) is 13.2 Å². The lowest BCUT2D eigenvalue weighted by Crippen LogP contribution is -2.28. The van der Waals surface area contributed by atoms with Crippen molar-refractivity contribution < 1.29 is 22.8 Å². The molecule has 1 aliphatic rings. The predicted octanol–water partition coefficient (Wildman–Crippen LogP) is 4.47. The van der Waals surface area contributed by atoms with E-state index in [1.807, 2.05) is 30.3 Å². The Labute approximate surface area is 152 Å². The van der Waals surface area contributed by atoms with E-state index in [9.17, 15) is 18.0 Å². The van der Waals surface area contributed by atoms with Crippen LogP contribution in [0, 0.1) is 0 Å². The molecule has 1 unspecified atom stereocenters. The fourth-order valence-corrected chi connectivity index (χ4v) is 3.16. The van der Waals surface area contributed by atoms with E-state index in [0.29, 0.717) is 34.5 Å². The summed E-state index contributed by atoms with van der Waals surface area (Å²) in [6.45, 7) is 0. The van der Waals surface area contributed by atoms with E-state index in [1.54, 1.807) is 18.2 Å². The summed E-state index contributed by atoms with van der Waals surface area (Å²) >= 11 is 0.627. The first-order valence-electron chi connectivity index (χ1n) is 7.80. The zero-order chi connectivity index (χ0) is 18.6. The molecule has 3 rings (SSSR count). The second-order valence-electron chi connectivity index (χ2n) is 5.59. The van der Waals surface area contributed by atoms with Gasteiger partial charge in [-0.25, -0.2) is 0 Å². The molecule has 0 fully saturated rings. The summed E-state index contributed by atoms with van der Waals surface area (Å²) in [6, 6.07) is 15.7. The van der Waals surface area contributed by atoms with Crippen LogP contribution in [0.25, 0.3) is 0 Å². The molecule has 2 aromatic carbocycles. The third-order valence-corrected chi connectivity index (χ3v) is 4.74. The van der Waals surface area contributed by atoms with Crippen LogP contribution in [0.2, 0.25) is 0 Å². The minimum Gasteiger partial charge on any atom is -0.382 e. The summed E-state index contributed by atoms with van der Waals surface area (Å²) in [5.74, 6) is -1.47. The number of rotatable bonds is 5. The van der Waals surface area contributed by atoms with Crippen molar-refractivity contribution >= 4 is 29.1 Å².